The first kappa shape index (κ1) is 19.4. The summed E-state index contributed by atoms with van der Waals surface area (Å²) in [6, 6.07) is 12.2. The van der Waals surface area contributed by atoms with E-state index in [9.17, 15) is 14.4 Å². The van der Waals surface area contributed by atoms with Crippen LogP contribution in [0, 0.1) is 0 Å². The Labute approximate surface area is 163 Å². The number of hydrogen-bond acceptors (Lipinski definition) is 4. The van der Waals surface area contributed by atoms with Crippen LogP contribution in [-0.4, -0.2) is 42.8 Å². The molecule has 146 valence electrons. The first-order valence-electron chi connectivity index (χ1n) is 9.16. The molecule has 0 saturated heterocycles. The first-order valence-corrected chi connectivity index (χ1v) is 9.16. The highest BCUT2D eigenvalue weighted by Gasteiger charge is 2.21. The molecular formula is C21H23N3O4. The Balaban J connectivity index is 1.66. The van der Waals surface area contributed by atoms with E-state index in [2.05, 4.69) is 10.6 Å². The lowest BCUT2D eigenvalue weighted by atomic mass is 10.00. The van der Waals surface area contributed by atoms with Crippen molar-refractivity contribution in [1.29, 1.82) is 0 Å². The van der Waals surface area contributed by atoms with Crippen molar-refractivity contribution in [2.75, 3.05) is 30.8 Å². The minimum atomic E-state index is -0.273. The predicted octanol–water partition coefficient (Wildman–Crippen LogP) is 2.68. The van der Waals surface area contributed by atoms with E-state index in [0.717, 1.165) is 11.3 Å². The molecule has 1 aliphatic heterocycles. The molecule has 0 aliphatic carbocycles. The van der Waals surface area contributed by atoms with E-state index in [1.807, 2.05) is 6.92 Å². The number of rotatable bonds is 6. The van der Waals surface area contributed by atoms with Crippen molar-refractivity contribution in [1.82, 2.24) is 4.90 Å². The van der Waals surface area contributed by atoms with Crippen molar-refractivity contribution in [3.63, 3.8) is 0 Å². The van der Waals surface area contributed by atoms with Gasteiger partial charge < -0.3 is 20.3 Å². The molecule has 2 aromatic carbocycles. The summed E-state index contributed by atoms with van der Waals surface area (Å²) < 4.78 is 5.09. The van der Waals surface area contributed by atoms with Gasteiger partial charge in [0.25, 0.3) is 5.91 Å². The van der Waals surface area contributed by atoms with Crippen LogP contribution in [0.25, 0.3) is 0 Å². The molecule has 7 nitrogen and oxygen atoms in total. The Kier molecular flexibility index (Phi) is 5.93. The fourth-order valence-electron chi connectivity index (χ4n) is 3.07. The van der Waals surface area contributed by atoms with Gasteiger partial charge in [0, 0.05) is 29.9 Å². The van der Waals surface area contributed by atoms with Gasteiger partial charge in [-0.15, -0.1) is 0 Å². The van der Waals surface area contributed by atoms with E-state index < -0.39 is 0 Å². The number of ether oxygens (including phenoxy) is 1. The molecule has 0 spiro atoms. The van der Waals surface area contributed by atoms with Crippen LogP contribution in [0.5, 0.6) is 5.75 Å². The smallest absolute Gasteiger partial charge is 0.254 e. The van der Waals surface area contributed by atoms with Crippen molar-refractivity contribution in [3.05, 3.63) is 53.6 Å². The van der Waals surface area contributed by atoms with Crippen molar-refractivity contribution < 1.29 is 19.1 Å². The predicted molar refractivity (Wildman–Crippen MR) is 107 cm³/mol. The molecule has 0 atom stereocenters. The highest BCUT2D eigenvalue weighted by Crippen LogP contribution is 2.24. The average molecular weight is 381 g/mol. The van der Waals surface area contributed by atoms with Gasteiger partial charge in [0.05, 0.1) is 7.11 Å². The third-order valence-corrected chi connectivity index (χ3v) is 4.62. The van der Waals surface area contributed by atoms with Crippen LogP contribution >= 0.6 is 0 Å². The maximum atomic E-state index is 12.8. The van der Waals surface area contributed by atoms with Crippen LogP contribution in [0.3, 0.4) is 0 Å². The topological polar surface area (TPSA) is 87.7 Å². The summed E-state index contributed by atoms with van der Waals surface area (Å²) in [5.74, 6) is 0.196. The van der Waals surface area contributed by atoms with Crippen molar-refractivity contribution >= 4 is 29.1 Å². The standard InChI is InChI=1S/C21H23N3O4/c1-3-24(13-20(26)22-16-6-8-17(28-2)9-7-16)21(27)15-4-10-18-14(12-15)5-11-19(25)23-18/h4,6-10,12H,3,5,11,13H2,1-2H3,(H,22,26)(H,23,25). The molecule has 3 amide bonds. The molecule has 2 N–H and O–H groups in total. The molecule has 28 heavy (non-hydrogen) atoms. The molecule has 3 rings (SSSR count). The molecule has 0 bridgehead atoms. The van der Waals surface area contributed by atoms with Gasteiger partial charge in [-0.25, -0.2) is 0 Å². The van der Waals surface area contributed by atoms with E-state index in [-0.39, 0.29) is 24.3 Å². The van der Waals surface area contributed by atoms with Gasteiger partial charge in [-0.05, 0) is 61.4 Å². The summed E-state index contributed by atoms with van der Waals surface area (Å²) in [6.45, 7) is 2.19. The molecule has 0 unspecified atom stereocenters. The SMILES string of the molecule is CCN(CC(=O)Nc1ccc(OC)cc1)C(=O)c1ccc2c(c1)CCC(=O)N2. The van der Waals surface area contributed by atoms with Crippen LogP contribution in [-0.2, 0) is 16.0 Å². The zero-order chi connectivity index (χ0) is 20.1. The molecule has 7 heteroatoms. The summed E-state index contributed by atoms with van der Waals surface area (Å²) in [6.07, 6.45) is 1.01. The summed E-state index contributed by atoms with van der Waals surface area (Å²) in [5, 5.41) is 5.58. The minimum Gasteiger partial charge on any atom is -0.497 e. The minimum absolute atomic E-state index is 0.0167. The second-order valence-corrected chi connectivity index (χ2v) is 6.52. The highest BCUT2D eigenvalue weighted by molar-refractivity contribution is 6.00. The number of likely N-dealkylation sites (N-methyl/N-ethyl adjacent to an activating group) is 1. The van der Waals surface area contributed by atoms with Gasteiger partial charge in [0.15, 0.2) is 0 Å². The lowest BCUT2D eigenvalue weighted by Gasteiger charge is -2.22. The Hall–Kier alpha value is -3.35. The quantitative estimate of drug-likeness (QED) is 0.805. The van der Waals surface area contributed by atoms with Crippen molar-refractivity contribution in [2.24, 2.45) is 0 Å². The van der Waals surface area contributed by atoms with Crippen LogP contribution in [0.1, 0.15) is 29.3 Å². The van der Waals surface area contributed by atoms with E-state index in [1.54, 1.807) is 49.6 Å². The third-order valence-electron chi connectivity index (χ3n) is 4.62. The first-order chi connectivity index (χ1) is 13.5. The molecule has 0 radical (unpaired) electrons. The Morgan fingerprint density at radius 2 is 1.89 bits per heavy atom. The summed E-state index contributed by atoms with van der Waals surface area (Å²) in [4.78, 5) is 38.2. The molecule has 1 aliphatic rings. The van der Waals surface area contributed by atoms with Crippen LogP contribution in [0.2, 0.25) is 0 Å². The maximum Gasteiger partial charge on any atom is 0.254 e. The normalized spacial score (nSPS) is 12.6. The molecule has 0 fully saturated rings. The monoisotopic (exact) mass is 381 g/mol. The summed E-state index contributed by atoms with van der Waals surface area (Å²) in [5.41, 5.74) is 2.82. The van der Waals surface area contributed by atoms with E-state index >= 15 is 0 Å². The molecule has 1 heterocycles. The van der Waals surface area contributed by atoms with Gasteiger partial charge in [-0.1, -0.05) is 0 Å². The van der Waals surface area contributed by atoms with E-state index in [0.29, 0.717) is 36.4 Å². The number of nitrogens with zero attached hydrogens (tertiary/aromatic N) is 1. The van der Waals surface area contributed by atoms with Crippen molar-refractivity contribution in [3.8, 4) is 5.75 Å². The Morgan fingerprint density at radius 3 is 2.57 bits per heavy atom. The largest absolute Gasteiger partial charge is 0.497 e. The fourth-order valence-corrected chi connectivity index (χ4v) is 3.07. The zero-order valence-electron chi connectivity index (χ0n) is 16.0. The molecular weight excluding hydrogens is 358 g/mol. The molecule has 0 saturated carbocycles. The van der Waals surface area contributed by atoms with Crippen LogP contribution < -0.4 is 15.4 Å². The lowest BCUT2D eigenvalue weighted by molar-refractivity contribution is -0.117. The second-order valence-electron chi connectivity index (χ2n) is 6.52. The number of benzene rings is 2. The highest BCUT2D eigenvalue weighted by atomic mass is 16.5. The number of nitrogens with one attached hydrogen (secondary N) is 2. The van der Waals surface area contributed by atoms with Gasteiger partial charge >= 0.3 is 0 Å². The summed E-state index contributed by atoms with van der Waals surface area (Å²) in [7, 11) is 1.58. The van der Waals surface area contributed by atoms with Gasteiger partial charge in [-0.3, -0.25) is 14.4 Å². The maximum absolute atomic E-state index is 12.8. The third kappa shape index (κ3) is 4.49. The lowest BCUT2D eigenvalue weighted by Crippen LogP contribution is -2.38. The molecule has 2 aromatic rings. The van der Waals surface area contributed by atoms with Crippen molar-refractivity contribution in [2.45, 2.75) is 19.8 Å². The fraction of sp³-hybridized carbons (Fsp3) is 0.286. The Bertz CT molecular complexity index is 893. The number of fused-ring (bicyclic) bond motifs is 1. The van der Waals surface area contributed by atoms with E-state index in [4.69, 9.17) is 4.74 Å². The zero-order valence-corrected chi connectivity index (χ0v) is 16.0. The molecule has 0 aromatic heterocycles. The summed E-state index contributed by atoms with van der Waals surface area (Å²) >= 11 is 0. The number of aryl methyl sites for hydroxylation is 1. The number of anilines is 2. The van der Waals surface area contributed by atoms with Crippen LogP contribution in [0.4, 0.5) is 11.4 Å². The number of amides is 3. The number of carbonyl (C=O) groups excluding carboxylic acids is 3. The Morgan fingerprint density at radius 1 is 1.14 bits per heavy atom. The van der Waals surface area contributed by atoms with Crippen LogP contribution in [0.15, 0.2) is 42.5 Å². The number of hydrogen-bond donors (Lipinski definition) is 2. The number of carbonyl (C=O) groups is 3. The van der Waals surface area contributed by atoms with Gasteiger partial charge in [-0.2, -0.15) is 0 Å². The van der Waals surface area contributed by atoms with Gasteiger partial charge in [0.2, 0.25) is 11.8 Å². The van der Waals surface area contributed by atoms with E-state index in [1.165, 1.54) is 4.90 Å². The second kappa shape index (κ2) is 8.56. The van der Waals surface area contributed by atoms with Gasteiger partial charge in [0.1, 0.15) is 12.3 Å². The average Bonchev–Trinajstić information content (AvgIpc) is 2.71. The number of methoxy groups -OCH3 is 1.